The highest BCUT2D eigenvalue weighted by Crippen LogP contribution is 2.37. The first kappa shape index (κ1) is 26.0. The molecular formula is C22H27ClF3NO3. The van der Waals surface area contributed by atoms with Gasteiger partial charge < -0.3 is 20.7 Å². The Morgan fingerprint density at radius 2 is 1.77 bits per heavy atom. The zero-order valence-electron chi connectivity index (χ0n) is 16.7. The maximum Gasteiger partial charge on any atom is 0.419 e. The quantitative estimate of drug-likeness (QED) is 0.542. The van der Waals surface area contributed by atoms with Gasteiger partial charge >= 0.3 is 6.18 Å². The number of hydrogen-bond acceptors (Lipinski definition) is 4. The van der Waals surface area contributed by atoms with Crippen LogP contribution in [0.1, 0.15) is 28.7 Å². The summed E-state index contributed by atoms with van der Waals surface area (Å²) in [5.74, 6) is -0.251. The van der Waals surface area contributed by atoms with E-state index in [4.69, 9.17) is 10.5 Å². The number of halogens is 4. The number of aryl methyl sites for hydroxylation is 2. The number of nitrogens with two attached hydrogens (primary N) is 1. The molecule has 0 heterocycles. The van der Waals surface area contributed by atoms with Gasteiger partial charge in [-0.2, -0.15) is 13.2 Å². The normalized spacial score (nSPS) is 12.1. The molecule has 0 aliphatic rings. The summed E-state index contributed by atoms with van der Waals surface area (Å²) in [4.78, 5) is 0. The maximum absolute atomic E-state index is 13.5. The molecule has 0 saturated carbocycles. The summed E-state index contributed by atoms with van der Waals surface area (Å²) < 4.78 is 45.7. The largest absolute Gasteiger partial charge is 0.489 e. The van der Waals surface area contributed by atoms with Crippen molar-refractivity contribution >= 4 is 18.5 Å². The van der Waals surface area contributed by atoms with E-state index in [2.05, 4.69) is 0 Å². The fourth-order valence-corrected chi connectivity index (χ4v) is 2.78. The summed E-state index contributed by atoms with van der Waals surface area (Å²) >= 11 is 0. The Balaban J connectivity index is 0.00000450. The molecule has 2 aromatic rings. The van der Waals surface area contributed by atoms with Gasteiger partial charge in [0.1, 0.15) is 12.4 Å². The predicted molar refractivity (Wildman–Crippen MR) is 114 cm³/mol. The van der Waals surface area contributed by atoms with Gasteiger partial charge in [-0.25, -0.2) is 0 Å². The molecule has 0 aliphatic heterocycles. The third-order valence-corrected chi connectivity index (χ3v) is 4.58. The highest BCUT2D eigenvalue weighted by Gasteiger charge is 2.35. The molecule has 4 N–H and O–H groups in total. The van der Waals surface area contributed by atoms with Gasteiger partial charge in [-0.05, 0) is 49.1 Å². The fraction of sp³-hybridized carbons (Fsp3) is 0.364. The first-order valence-corrected chi connectivity index (χ1v) is 9.23. The van der Waals surface area contributed by atoms with Crippen LogP contribution in [0.4, 0.5) is 13.2 Å². The van der Waals surface area contributed by atoms with Crippen molar-refractivity contribution in [1.82, 2.24) is 0 Å². The number of aliphatic hydroxyl groups is 2. The van der Waals surface area contributed by atoms with E-state index in [9.17, 15) is 23.4 Å². The van der Waals surface area contributed by atoms with E-state index >= 15 is 0 Å². The highest BCUT2D eigenvalue weighted by atomic mass is 35.5. The van der Waals surface area contributed by atoms with Crippen molar-refractivity contribution in [2.45, 2.75) is 31.5 Å². The SMILES string of the molecule is Cc1cccc(C=CCOc2ccc(CCC(N)(CO)CO)cc2C(F)(F)F)c1.Cl. The van der Waals surface area contributed by atoms with Gasteiger partial charge in [0.15, 0.2) is 0 Å². The van der Waals surface area contributed by atoms with Crippen LogP contribution in [0.2, 0.25) is 0 Å². The molecule has 0 aliphatic carbocycles. The van der Waals surface area contributed by atoms with Crippen molar-refractivity contribution in [2.75, 3.05) is 19.8 Å². The van der Waals surface area contributed by atoms with Crippen molar-refractivity contribution < 1.29 is 28.1 Å². The summed E-state index contributed by atoms with van der Waals surface area (Å²) in [6, 6.07) is 11.6. The monoisotopic (exact) mass is 445 g/mol. The zero-order valence-corrected chi connectivity index (χ0v) is 17.5. The molecule has 0 saturated heterocycles. The van der Waals surface area contributed by atoms with Crippen molar-refractivity contribution in [2.24, 2.45) is 5.73 Å². The molecule has 0 unspecified atom stereocenters. The average Bonchev–Trinajstić information content (AvgIpc) is 2.69. The number of ether oxygens (including phenoxy) is 1. The van der Waals surface area contributed by atoms with E-state index in [0.29, 0.717) is 5.56 Å². The van der Waals surface area contributed by atoms with Crippen molar-refractivity contribution in [1.29, 1.82) is 0 Å². The minimum absolute atomic E-state index is 0. The number of benzene rings is 2. The molecular weight excluding hydrogens is 419 g/mol. The van der Waals surface area contributed by atoms with E-state index < -0.39 is 30.5 Å². The maximum atomic E-state index is 13.5. The minimum atomic E-state index is -4.57. The predicted octanol–water partition coefficient (Wildman–Crippen LogP) is 4.14. The van der Waals surface area contributed by atoms with Crippen LogP contribution in [-0.2, 0) is 12.6 Å². The van der Waals surface area contributed by atoms with E-state index in [-0.39, 0.29) is 37.6 Å². The molecule has 0 spiro atoms. The first-order chi connectivity index (χ1) is 13.7. The molecule has 0 radical (unpaired) electrons. The van der Waals surface area contributed by atoms with Gasteiger partial charge in [0.05, 0.1) is 24.3 Å². The van der Waals surface area contributed by atoms with Crippen LogP contribution >= 0.6 is 12.4 Å². The van der Waals surface area contributed by atoms with Gasteiger partial charge in [-0.3, -0.25) is 0 Å². The van der Waals surface area contributed by atoms with Gasteiger partial charge in [-0.15, -0.1) is 12.4 Å². The Labute approximate surface area is 180 Å². The summed E-state index contributed by atoms with van der Waals surface area (Å²) in [5.41, 5.74) is 6.12. The second-order valence-corrected chi connectivity index (χ2v) is 7.13. The molecule has 8 heteroatoms. The molecule has 0 fully saturated rings. The second-order valence-electron chi connectivity index (χ2n) is 7.13. The van der Waals surface area contributed by atoms with E-state index in [0.717, 1.165) is 17.2 Å². The summed E-state index contributed by atoms with van der Waals surface area (Å²) in [6.07, 6.45) is -0.780. The van der Waals surface area contributed by atoms with Crippen LogP contribution in [0, 0.1) is 6.92 Å². The van der Waals surface area contributed by atoms with Crippen LogP contribution in [0.5, 0.6) is 5.75 Å². The van der Waals surface area contributed by atoms with Gasteiger partial charge in [0.25, 0.3) is 0 Å². The second kappa shape index (κ2) is 11.4. The Kier molecular flexibility index (Phi) is 9.84. The van der Waals surface area contributed by atoms with Crippen molar-refractivity contribution in [3.05, 3.63) is 70.8 Å². The molecule has 0 amide bonds. The van der Waals surface area contributed by atoms with E-state index in [1.165, 1.54) is 12.1 Å². The molecule has 166 valence electrons. The lowest BCUT2D eigenvalue weighted by atomic mass is 9.93. The molecule has 2 aromatic carbocycles. The number of aliphatic hydroxyl groups excluding tert-OH is 2. The number of alkyl halides is 3. The van der Waals surface area contributed by atoms with E-state index in [1.807, 2.05) is 31.2 Å². The Morgan fingerprint density at radius 3 is 2.37 bits per heavy atom. The van der Waals surface area contributed by atoms with Crippen LogP contribution in [0.3, 0.4) is 0 Å². The number of rotatable bonds is 9. The zero-order chi connectivity index (χ0) is 21.5. The van der Waals surface area contributed by atoms with E-state index in [1.54, 1.807) is 12.2 Å². The molecule has 0 bridgehead atoms. The third kappa shape index (κ3) is 7.65. The average molecular weight is 446 g/mol. The third-order valence-electron chi connectivity index (χ3n) is 4.58. The Hall–Kier alpha value is -2.06. The summed E-state index contributed by atoms with van der Waals surface area (Å²) in [5, 5.41) is 18.4. The topological polar surface area (TPSA) is 75.7 Å². The molecule has 30 heavy (non-hydrogen) atoms. The van der Waals surface area contributed by atoms with Crippen molar-refractivity contribution in [3.63, 3.8) is 0 Å². The van der Waals surface area contributed by atoms with Gasteiger partial charge in [0, 0.05) is 0 Å². The highest BCUT2D eigenvalue weighted by molar-refractivity contribution is 5.85. The lowest BCUT2D eigenvalue weighted by Crippen LogP contribution is -2.47. The first-order valence-electron chi connectivity index (χ1n) is 9.23. The van der Waals surface area contributed by atoms with Crippen LogP contribution in [0.15, 0.2) is 48.5 Å². The molecule has 0 atom stereocenters. The fourth-order valence-electron chi connectivity index (χ4n) is 2.78. The van der Waals surface area contributed by atoms with Crippen LogP contribution in [-0.4, -0.2) is 35.6 Å². The Morgan fingerprint density at radius 1 is 1.07 bits per heavy atom. The van der Waals surface area contributed by atoms with Crippen molar-refractivity contribution in [3.8, 4) is 5.75 Å². The summed E-state index contributed by atoms with van der Waals surface area (Å²) in [7, 11) is 0. The molecule has 2 rings (SSSR count). The number of hydrogen-bond donors (Lipinski definition) is 3. The standard InChI is InChI=1S/C22H26F3NO3.ClH/c1-16-4-2-5-17(12-16)6-3-11-29-20-8-7-18(13-19(20)22(23,24)25)9-10-21(26,14-27)15-28;/h2-8,12-13,27-28H,9-11,14-15,26H2,1H3;1H. The van der Waals surface area contributed by atoms with Crippen LogP contribution in [0.25, 0.3) is 6.08 Å². The van der Waals surface area contributed by atoms with Crippen LogP contribution < -0.4 is 10.5 Å². The lowest BCUT2D eigenvalue weighted by Gasteiger charge is -2.24. The molecule has 4 nitrogen and oxygen atoms in total. The smallest absolute Gasteiger partial charge is 0.419 e. The van der Waals surface area contributed by atoms with Gasteiger partial charge in [0.2, 0.25) is 0 Å². The Bertz CT molecular complexity index is 837. The lowest BCUT2D eigenvalue weighted by molar-refractivity contribution is -0.138. The summed E-state index contributed by atoms with van der Waals surface area (Å²) in [6.45, 7) is 1.05. The molecule has 0 aromatic heterocycles. The minimum Gasteiger partial charge on any atom is -0.489 e. The van der Waals surface area contributed by atoms with Gasteiger partial charge in [-0.1, -0.05) is 42.0 Å².